The number of benzene rings is 1. The van der Waals surface area contributed by atoms with E-state index in [2.05, 4.69) is 27.1 Å². The molecule has 0 spiro atoms. The Bertz CT molecular complexity index is 1250. The molecule has 1 saturated heterocycles. The Morgan fingerprint density at radius 1 is 1.21 bits per heavy atom. The van der Waals surface area contributed by atoms with Crippen LogP contribution in [0.15, 0.2) is 24.5 Å². The molecular formula is C25H28FN7O. The number of anilines is 2. The number of aryl methyl sites for hydroxylation is 1. The molecule has 1 aliphatic heterocycles. The monoisotopic (exact) mass is 461 g/mol. The minimum atomic E-state index is -0.281. The van der Waals surface area contributed by atoms with E-state index in [-0.39, 0.29) is 17.9 Å². The van der Waals surface area contributed by atoms with Crippen LogP contribution in [0.5, 0.6) is 11.8 Å². The first-order chi connectivity index (χ1) is 16.5. The van der Waals surface area contributed by atoms with Crippen molar-refractivity contribution in [2.45, 2.75) is 51.1 Å². The number of nitrogens with two attached hydrogens (primary N) is 1. The van der Waals surface area contributed by atoms with Crippen LogP contribution >= 0.6 is 0 Å². The summed E-state index contributed by atoms with van der Waals surface area (Å²) in [5, 5.41) is 3.13. The lowest BCUT2D eigenvalue weighted by atomic mass is 10.0. The molecule has 3 aromatic rings. The van der Waals surface area contributed by atoms with Crippen molar-refractivity contribution in [3.8, 4) is 22.9 Å². The van der Waals surface area contributed by atoms with Crippen molar-refractivity contribution in [3.63, 3.8) is 0 Å². The fraction of sp³-hybridized carbons (Fsp3) is 0.440. The quantitative estimate of drug-likeness (QED) is 0.448. The fourth-order valence-corrected chi connectivity index (χ4v) is 5.68. The molecule has 2 aromatic heterocycles. The van der Waals surface area contributed by atoms with Crippen LogP contribution in [0.3, 0.4) is 0 Å². The van der Waals surface area contributed by atoms with Crippen molar-refractivity contribution in [1.29, 1.82) is 0 Å². The normalized spacial score (nSPS) is 22.1. The van der Waals surface area contributed by atoms with E-state index in [4.69, 9.17) is 20.4 Å². The SMILES string of the molecule is CCCc1ncc(Oc2nc3c(c(N4CC5CC4C[C@@H]5N)n2)-c2cc(F)cc(NC)c2C3)cn1. The van der Waals surface area contributed by atoms with Gasteiger partial charge in [-0.15, -0.1) is 0 Å². The highest BCUT2D eigenvalue weighted by atomic mass is 19.1. The third kappa shape index (κ3) is 3.46. The van der Waals surface area contributed by atoms with Crippen LogP contribution < -0.4 is 20.7 Å². The van der Waals surface area contributed by atoms with E-state index in [1.807, 2.05) is 7.05 Å². The molecule has 3 heterocycles. The van der Waals surface area contributed by atoms with Gasteiger partial charge < -0.3 is 20.7 Å². The van der Waals surface area contributed by atoms with Crippen LogP contribution in [0.1, 0.15) is 43.3 Å². The van der Waals surface area contributed by atoms with Crippen molar-refractivity contribution in [1.82, 2.24) is 19.9 Å². The van der Waals surface area contributed by atoms with E-state index >= 15 is 0 Å². The summed E-state index contributed by atoms with van der Waals surface area (Å²) in [5.74, 6) is 2.24. The van der Waals surface area contributed by atoms with Crippen molar-refractivity contribution >= 4 is 11.5 Å². The van der Waals surface area contributed by atoms with Crippen LogP contribution in [-0.2, 0) is 12.8 Å². The first-order valence-electron chi connectivity index (χ1n) is 12.0. The topological polar surface area (TPSA) is 102 Å². The van der Waals surface area contributed by atoms with Gasteiger partial charge in [-0.2, -0.15) is 9.97 Å². The van der Waals surface area contributed by atoms with Crippen LogP contribution in [0.4, 0.5) is 15.9 Å². The lowest BCUT2D eigenvalue weighted by molar-refractivity contribution is 0.431. The van der Waals surface area contributed by atoms with Gasteiger partial charge in [-0.3, -0.25) is 0 Å². The van der Waals surface area contributed by atoms with Crippen molar-refractivity contribution in [2.24, 2.45) is 11.7 Å². The summed E-state index contributed by atoms with van der Waals surface area (Å²) in [5.41, 5.74) is 10.7. The van der Waals surface area contributed by atoms with Gasteiger partial charge in [0, 0.05) is 49.8 Å². The Morgan fingerprint density at radius 2 is 2.03 bits per heavy atom. The van der Waals surface area contributed by atoms with Crippen LogP contribution in [0, 0.1) is 11.7 Å². The van der Waals surface area contributed by atoms with Gasteiger partial charge in [0.25, 0.3) is 0 Å². The Labute approximate surface area is 197 Å². The Hall–Kier alpha value is -3.33. The van der Waals surface area contributed by atoms with E-state index in [0.717, 1.165) is 71.9 Å². The van der Waals surface area contributed by atoms with Gasteiger partial charge in [0.15, 0.2) is 5.75 Å². The average Bonchev–Trinajstić information content (AvgIpc) is 3.51. The molecule has 1 saturated carbocycles. The highest BCUT2D eigenvalue weighted by molar-refractivity contribution is 5.88. The molecule has 3 aliphatic rings. The lowest BCUT2D eigenvalue weighted by Gasteiger charge is -2.32. The van der Waals surface area contributed by atoms with E-state index in [0.29, 0.717) is 24.1 Å². The number of nitrogens with zero attached hydrogens (tertiary/aromatic N) is 5. The third-order valence-corrected chi connectivity index (χ3v) is 7.27. The van der Waals surface area contributed by atoms with Crippen LogP contribution in [0.2, 0.25) is 0 Å². The molecule has 176 valence electrons. The summed E-state index contributed by atoms with van der Waals surface area (Å²) < 4.78 is 20.5. The number of ether oxygens (including phenoxy) is 1. The second-order valence-corrected chi connectivity index (χ2v) is 9.45. The third-order valence-electron chi connectivity index (χ3n) is 7.27. The molecule has 2 aliphatic carbocycles. The molecular weight excluding hydrogens is 433 g/mol. The number of hydrogen-bond acceptors (Lipinski definition) is 8. The molecule has 3 N–H and O–H groups in total. The maximum absolute atomic E-state index is 14.5. The summed E-state index contributed by atoms with van der Waals surface area (Å²) in [6, 6.07) is 3.93. The van der Waals surface area contributed by atoms with Crippen LogP contribution in [0.25, 0.3) is 11.1 Å². The van der Waals surface area contributed by atoms with Gasteiger partial charge in [-0.05, 0) is 48.4 Å². The molecule has 0 radical (unpaired) electrons. The van der Waals surface area contributed by atoms with Crippen molar-refractivity contribution in [3.05, 3.63) is 47.4 Å². The predicted molar refractivity (Wildman–Crippen MR) is 128 cm³/mol. The van der Waals surface area contributed by atoms with E-state index in [9.17, 15) is 4.39 Å². The lowest BCUT2D eigenvalue weighted by Crippen LogP contribution is -2.41. The summed E-state index contributed by atoms with van der Waals surface area (Å²) in [4.78, 5) is 20.7. The molecule has 3 atom stereocenters. The van der Waals surface area contributed by atoms with E-state index < -0.39 is 0 Å². The molecule has 9 heteroatoms. The minimum absolute atomic E-state index is 0.228. The zero-order valence-electron chi connectivity index (χ0n) is 19.4. The largest absolute Gasteiger partial charge is 0.421 e. The number of aromatic nitrogens is 4. The smallest absolute Gasteiger partial charge is 0.324 e. The Morgan fingerprint density at radius 3 is 2.71 bits per heavy atom. The maximum atomic E-state index is 14.5. The first-order valence-corrected chi connectivity index (χ1v) is 12.0. The number of hydrogen-bond donors (Lipinski definition) is 2. The molecule has 2 fully saturated rings. The number of piperidine rings is 1. The summed E-state index contributed by atoms with van der Waals surface area (Å²) in [7, 11) is 1.81. The number of rotatable bonds is 6. The molecule has 2 unspecified atom stereocenters. The summed E-state index contributed by atoms with van der Waals surface area (Å²) in [6.07, 6.45) is 7.70. The molecule has 0 amide bonds. The van der Waals surface area contributed by atoms with Crippen LogP contribution in [-0.4, -0.2) is 45.6 Å². The number of fused-ring (bicyclic) bond motifs is 5. The van der Waals surface area contributed by atoms with Crippen molar-refractivity contribution < 1.29 is 9.13 Å². The molecule has 34 heavy (non-hydrogen) atoms. The zero-order valence-corrected chi connectivity index (χ0v) is 19.4. The summed E-state index contributed by atoms with van der Waals surface area (Å²) >= 11 is 0. The second kappa shape index (κ2) is 8.16. The summed E-state index contributed by atoms with van der Waals surface area (Å²) in [6.45, 7) is 2.93. The molecule has 6 rings (SSSR count). The van der Waals surface area contributed by atoms with Gasteiger partial charge >= 0.3 is 6.01 Å². The van der Waals surface area contributed by atoms with Gasteiger partial charge in [0.2, 0.25) is 0 Å². The molecule has 1 aromatic carbocycles. The van der Waals surface area contributed by atoms with E-state index in [1.165, 1.54) is 6.07 Å². The van der Waals surface area contributed by atoms with Gasteiger partial charge in [0.05, 0.1) is 18.1 Å². The van der Waals surface area contributed by atoms with Gasteiger partial charge in [0.1, 0.15) is 17.5 Å². The Kier molecular flexibility index (Phi) is 5.09. The minimum Gasteiger partial charge on any atom is -0.421 e. The second-order valence-electron chi connectivity index (χ2n) is 9.45. The standard InChI is InChI=1S/C25H28FN7O/c1-3-4-22-29-10-16(11-30-22)34-25-31-21-9-17-18(6-14(26)7-20(17)28-2)23(21)24(32-25)33-12-13-5-15(33)8-19(13)27/h6-7,10-11,13,15,19,28H,3-5,8-9,12,27H2,1-2H3/t13?,15?,19-/m0/s1. The fourth-order valence-electron chi connectivity index (χ4n) is 5.68. The molecule has 2 bridgehead atoms. The van der Waals surface area contributed by atoms with Crippen molar-refractivity contribution in [2.75, 3.05) is 23.8 Å². The molecule has 8 nitrogen and oxygen atoms in total. The Balaban J connectivity index is 1.42. The average molecular weight is 462 g/mol. The maximum Gasteiger partial charge on any atom is 0.324 e. The number of halogens is 1. The van der Waals surface area contributed by atoms with Gasteiger partial charge in [-0.25, -0.2) is 14.4 Å². The highest BCUT2D eigenvalue weighted by Crippen LogP contribution is 2.48. The zero-order chi connectivity index (χ0) is 23.4. The highest BCUT2D eigenvalue weighted by Gasteiger charge is 2.45. The first kappa shape index (κ1) is 21.2. The predicted octanol–water partition coefficient (Wildman–Crippen LogP) is 3.69. The van der Waals surface area contributed by atoms with Gasteiger partial charge in [-0.1, -0.05) is 6.92 Å². The number of nitrogens with one attached hydrogen (secondary N) is 1. The van der Waals surface area contributed by atoms with E-state index in [1.54, 1.807) is 18.5 Å².